The number of benzene rings is 1. The lowest BCUT2D eigenvalue weighted by Crippen LogP contribution is -2.52. The predicted molar refractivity (Wildman–Crippen MR) is 131 cm³/mol. The summed E-state index contributed by atoms with van der Waals surface area (Å²) in [7, 11) is 1.75. The normalized spacial score (nSPS) is 19.0. The van der Waals surface area contributed by atoms with Gasteiger partial charge >= 0.3 is 0 Å². The molecule has 2 aliphatic heterocycles. The van der Waals surface area contributed by atoms with Crippen LogP contribution in [0, 0.1) is 0 Å². The smallest absolute Gasteiger partial charge is 0.194 e. The Morgan fingerprint density at radius 2 is 1.65 bits per heavy atom. The molecule has 0 spiro atoms. The fourth-order valence-electron chi connectivity index (χ4n) is 4.44. The molecule has 7 nitrogen and oxygen atoms in total. The highest BCUT2D eigenvalue weighted by molar-refractivity contribution is 5.80. The van der Waals surface area contributed by atoms with Crippen LogP contribution in [0.15, 0.2) is 29.3 Å². The van der Waals surface area contributed by atoms with Gasteiger partial charge in [-0.15, -0.1) is 0 Å². The van der Waals surface area contributed by atoms with Gasteiger partial charge in [0, 0.05) is 65.4 Å². The number of ether oxygens (including phenoxy) is 1. The number of nitrogens with zero attached hydrogens (tertiary/aromatic N) is 5. The standard InChI is InChI=1S/C24H42N6O/c1-4-25-24(26-12-8-9-13-28-16-14-27(5-2)15-17-28)30-20-18-29(19-21-30)22-10-6-7-11-23(22)31-3/h6-7,10-11H,4-5,8-9,12-21H2,1-3H3,(H,25,26). The van der Waals surface area contributed by atoms with E-state index in [2.05, 4.69) is 50.9 Å². The molecule has 0 aliphatic carbocycles. The molecule has 0 unspecified atom stereocenters. The van der Waals surface area contributed by atoms with E-state index in [9.17, 15) is 0 Å². The van der Waals surface area contributed by atoms with Crippen LogP contribution in [0.4, 0.5) is 5.69 Å². The van der Waals surface area contributed by atoms with Crippen molar-refractivity contribution in [2.45, 2.75) is 26.7 Å². The number of guanidine groups is 1. The Labute approximate surface area is 189 Å². The summed E-state index contributed by atoms with van der Waals surface area (Å²) in [5.74, 6) is 2.02. The van der Waals surface area contributed by atoms with Crippen molar-refractivity contribution in [1.29, 1.82) is 0 Å². The molecule has 0 aromatic heterocycles. The Balaban J connectivity index is 1.41. The first-order valence-electron chi connectivity index (χ1n) is 12.1. The van der Waals surface area contributed by atoms with Crippen LogP contribution in [0.25, 0.3) is 0 Å². The number of hydrogen-bond acceptors (Lipinski definition) is 5. The molecule has 0 amide bonds. The zero-order chi connectivity index (χ0) is 21.9. The van der Waals surface area contributed by atoms with Crippen molar-refractivity contribution in [2.24, 2.45) is 4.99 Å². The van der Waals surface area contributed by atoms with Crippen molar-refractivity contribution < 1.29 is 4.74 Å². The van der Waals surface area contributed by atoms with Gasteiger partial charge in [0.05, 0.1) is 12.8 Å². The molecule has 0 atom stereocenters. The Morgan fingerprint density at radius 3 is 2.32 bits per heavy atom. The minimum absolute atomic E-state index is 0.907. The van der Waals surface area contributed by atoms with E-state index >= 15 is 0 Å². The largest absolute Gasteiger partial charge is 0.495 e. The highest BCUT2D eigenvalue weighted by atomic mass is 16.5. The van der Waals surface area contributed by atoms with E-state index in [1.165, 1.54) is 51.4 Å². The van der Waals surface area contributed by atoms with Gasteiger partial charge in [0.15, 0.2) is 5.96 Å². The van der Waals surface area contributed by atoms with E-state index in [1.54, 1.807) is 7.11 Å². The monoisotopic (exact) mass is 430 g/mol. The molecule has 0 saturated carbocycles. The molecule has 174 valence electrons. The van der Waals surface area contributed by atoms with Crippen molar-refractivity contribution >= 4 is 11.6 Å². The van der Waals surface area contributed by atoms with E-state index in [-0.39, 0.29) is 0 Å². The first kappa shape index (κ1) is 23.7. The number of para-hydroxylation sites is 2. The lowest BCUT2D eigenvalue weighted by atomic mass is 10.2. The molecule has 2 saturated heterocycles. The van der Waals surface area contributed by atoms with E-state index in [0.717, 1.165) is 57.4 Å². The van der Waals surface area contributed by atoms with Gasteiger partial charge in [-0.05, 0) is 45.0 Å². The van der Waals surface area contributed by atoms with Gasteiger partial charge in [0.2, 0.25) is 0 Å². The van der Waals surface area contributed by atoms with Gasteiger partial charge in [0.25, 0.3) is 0 Å². The average molecular weight is 431 g/mol. The van der Waals surface area contributed by atoms with Gasteiger partial charge in [-0.3, -0.25) is 4.99 Å². The Morgan fingerprint density at radius 1 is 0.935 bits per heavy atom. The van der Waals surface area contributed by atoms with Crippen molar-refractivity contribution in [2.75, 3.05) is 90.5 Å². The second-order valence-electron chi connectivity index (χ2n) is 8.36. The minimum atomic E-state index is 0.907. The van der Waals surface area contributed by atoms with Crippen LogP contribution in [0.5, 0.6) is 5.75 Å². The van der Waals surface area contributed by atoms with Gasteiger partial charge in [0.1, 0.15) is 5.75 Å². The maximum atomic E-state index is 5.55. The number of hydrogen-bond donors (Lipinski definition) is 1. The number of rotatable bonds is 9. The van der Waals surface area contributed by atoms with Gasteiger partial charge < -0.3 is 29.7 Å². The lowest BCUT2D eigenvalue weighted by Gasteiger charge is -2.38. The molecule has 0 radical (unpaired) electrons. The van der Waals surface area contributed by atoms with Crippen molar-refractivity contribution in [3.05, 3.63) is 24.3 Å². The second kappa shape index (κ2) is 12.8. The van der Waals surface area contributed by atoms with Crippen LogP contribution in [0.1, 0.15) is 26.7 Å². The topological polar surface area (TPSA) is 46.6 Å². The molecule has 2 heterocycles. The number of methoxy groups -OCH3 is 1. The Kier molecular flexibility index (Phi) is 9.75. The molecule has 31 heavy (non-hydrogen) atoms. The average Bonchev–Trinajstić information content (AvgIpc) is 2.83. The highest BCUT2D eigenvalue weighted by Gasteiger charge is 2.21. The minimum Gasteiger partial charge on any atom is -0.495 e. The van der Waals surface area contributed by atoms with Crippen LogP contribution in [0.2, 0.25) is 0 Å². The summed E-state index contributed by atoms with van der Waals surface area (Å²) >= 11 is 0. The molecule has 3 rings (SSSR count). The zero-order valence-electron chi connectivity index (χ0n) is 19.9. The summed E-state index contributed by atoms with van der Waals surface area (Å²) in [6.45, 7) is 17.4. The summed E-state index contributed by atoms with van der Waals surface area (Å²) in [5.41, 5.74) is 1.19. The van der Waals surface area contributed by atoms with Gasteiger partial charge in [-0.2, -0.15) is 0 Å². The zero-order valence-corrected chi connectivity index (χ0v) is 19.9. The maximum absolute atomic E-state index is 5.55. The highest BCUT2D eigenvalue weighted by Crippen LogP contribution is 2.28. The van der Waals surface area contributed by atoms with Crippen LogP contribution < -0.4 is 15.0 Å². The maximum Gasteiger partial charge on any atom is 0.194 e. The first-order chi connectivity index (χ1) is 15.2. The van der Waals surface area contributed by atoms with Crippen LogP contribution in [-0.4, -0.2) is 106 Å². The summed E-state index contributed by atoms with van der Waals surface area (Å²) in [6, 6.07) is 8.30. The summed E-state index contributed by atoms with van der Waals surface area (Å²) in [4.78, 5) is 14.9. The fourth-order valence-corrected chi connectivity index (χ4v) is 4.44. The summed E-state index contributed by atoms with van der Waals surface area (Å²) in [6.07, 6.45) is 2.39. The number of unbranched alkanes of at least 4 members (excludes halogenated alkanes) is 1. The van der Waals surface area contributed by atoms with Crippen LogP contribution >= 0.6 is 0 Å². The molecule has 7 heteroatoms. The second-order valence-corrected chi connectivity index (χ2v) is 8.36. The van der Waals surface area contributed by atoms with Crippen molar-refractivity contribution in [3.63, 3.8) is 0 Å². The third kappa shape index (κ3) is 7.01. The van der Waals surface area contributed by atoms with Crippen molar-refractivity contribution in [3.8, 4) is 5.75 Å². The lowest BCUT2D eigenvalue weighted by molar-refractivity contribution is 0.136. The molecule has 0 bridgehead atoms. The molecular weight excluding hydrogens is 388 g/mol. The summed E-state index contributed by atoms with van der Waals surface area (Å²) in [5, 5.41) is 3.50. The summed E-state index contributed by atoms with van der Waals surface area (Å²) < 4.78 is 5.55. The van der Waals surface area contributed by atoms with Crippen LogP contribution in [0.3, 0.4) is 0 Å². The number of aliphatic imine (C=N–C) groups is 1. The molecule has 2 aliphatic rings. The molecule has 2 fully saturated rings. The van der Waals surface area contributed by atoms with E-state index in [4.69, 9.17) is 9.73 Å². The quantitative estimate of drug-likeness (QED) is 0.368. The SMILES string of the molecule is CCNC(=NCCCCN1CCN(CC)CC1)N1CCN(c2ccccc2OC)CC1. The van der Waals surface area contributed by atoms with E-state index < -0.39 is 0 Å². The van der Waals surface area contributed by atoms with E-state index in [1.807, 2.05) is 12.1 Å². The third-order valence-corrected chi connectivity index (χ3v) is 6.40. The van der Waals surface area contributed by atoms with E-state index in [0.29, 0.717) is 0 Å². The molecule has 1 aromatic carbocycles. The number of nitrogens with one attached hydrogen (secondary N) is 1. The first-order valence-corrected chi connectivity index (χ1v) is 12.1. The molecular formula is C24H42N6O. The molecule has 1 N–H and O–H groups in total. The number of piperazine rings is 2. The number of anilines is 1. The van der Waals surface area contributed by atoms with Gasteiger partial charge in [-0.1, -0.05) is 19.1 Å². The Bertz CT molecular complexity index is 666. The van der Waals surface area contributed by atoms with Crippen LogP contribution in [-0.2, 0) is 0 Å². The Hall–Kier alpha value is -1.99. The molecule has 1 aromatic rings. The fraction of sp³-hybridized carbons (Fsp3) is 0.708. The van der Waals surface area contributed by atoms with Crippen molar-refractivity contribution in [1.82, 2.24) is 20.0 Å². The number of likely N-dealkylation sites (N-methyl/N-ethyl adjacent to an activating group) is 1. The van der Waals surface area contributed by atoms with Gasteiger partial charge in [-0.25, -0.2) is 0 Å². The third-order valence-electron chi connectivity index (χ3n) is 6.40. The predicted octanol–water partition coefficient (Wildman–Crippen LogP) is 2.20.